The molecule has 0 saturated carbocycles. The lowest BCUT2D eigenvalue weighted by Gasteiger charge is -2.15. The zero-order valence-corrected chi connectivity index (χ0v) is 10.5. The second-order valence-corrected chi connectivity index (χ2v) is 4.28. The highest BCUT2D eigenvalue weighted by atomic mass is 35.5. The van der Waals surface area contributed by atoms with Crippen LogP contribution in [0.1, 0.15) is 37.8 Å². The molecule has 15 heavy (non-hydrogen) atoms. The van der Waals surface area contributed by atoms with Crippen LogP contribution in [0.25, 0.3) is 0 Å². The summed E-state index contributed by atoms with van der Waals surface area (Å²) in [6.07, 6.45) is 2.29. The fourth-order valence-corrected chi connectivity index (χ4v) is 1.63. The molecule has 1 aromatic rings. The number of anilines is 1. The van der Waals surface area contributed by atoms with E-state index in [1.54, 1.807) is 0 Å². The predicted molar refractivity (Wildman–Crippen MR) is 64.5 cm³/mol. The van der Waals surface area contributed by atoms with Gasteiger partial charge < -0.3 is 5.32 Å². The first-order chi connectivity index (χ1) is 7.06. The van der Waals surface area contributed by atoms with E-state index in [0.717, 1.165) is 29.8 Å². The van der Waals surface area contributed by atoms with Crippen LogP contribution >= 0.6 is 11.6 Å². The lowest BCUT2D eigenvalue weighted by molar-refractivity contribution is 0.684. The van der Waals surface area contributed by atoms with Gasteiger partial charge in [0.15, 0.2) is 11.0 Å². The molecule has 0 aliphatic heterocycles. The minimum Gasteiger partial charge on any atom is -0.366 e. The minimum absolute atomic E-state index is 0.420. The molecule has 0 aliphatic rings. The predicted octanol–water partition coefficient (Wildman–Crippen LogP) is 3.35. The standard InChI is InChI=1S/C11H18ClN3/c1-5-6-7(2)13-11-9(4)8(3)10(12)14-15-11/h7H,5-6H2,1-4H3,(H,13,15). The van der Waals surface area contributed by atoms with Crippen molar-refractivity contribution in [2.45, 2.75) is 46.6 Å². The van der Waals surface area contributed by atoms with Crippen LogP contribution in [0.4, 0.5) is 5.82 Å². The molecule has 1 atom stereocenters. The van der Waals surface area contributed by atoms with Gasteiger partial charge >= 0.3 is 0 Å². The summed E-state index contributed by atoms with van der Waals surface area (Å²) in [6, 6.07) is 0.420. The van der Waals surface area contributed by atoms with Crippen LogP contribution in [0.3, 0.4) is 0 Å². The molecule has 4 heteroatoms. The number of nitrogens with one attached hydrogen (secondary N) is 1. The maximum absolute atomic E-state index is 5.88. The van der Waals surface area contributed by atoms with Gasteiger partial charge in [0.25, 0.3) is 0 Å². The van der Waals surface area contributed by atoms with Crippen LogP contribution in [0.15, 0.2) is 0 Å². The van der Waals surface area contributed by atoms with Gasteiger partial charge in [0.05, 0.1) is 0 Å². The smallest absolute Gasteiger partial charge is 0.155 e. The molecule has 1 rings (SSSR count). The fourth-order valence-electron chi connectivity index (χ4n) is 1.45. The van der Waals surface area contributed by atoms with Gasteiger partial charge in [0, 0.05) is 6.04 Å². The van der Waals surface area contributed by atoms with E-state index in [9.17, 15) is 0 Å². The van der Waals surface area contributed by atoms with Crippen molar-refractivity contribution in [3.8, 4) is 0 Å². The Morgan fingerprint density at radius 1 is 1.27 bits per heavy atom. The molecule has 0 amide bonds. The Bertz CT molecular complexity index is 339. The summed E-state index contributed by atoms with van der Waals surface area (Å²) in [4.78, 5) is 0. The number of aromatic nitrogens is 2. The van der Waals surface area contributed by atoms with Crippen molar-refractivity contribution < 1.29 is 0 Å². The molecule has 0 fully saturated rings. The first kappa shape index (κ1) is 12.2. The second kappa shape index (κ2) is 5.31. The Morgan fingerprint density at radius 2 is 1.93 bits per heavy atom. The molecular formula is C11H18ClN3. The topological polar surface area (TPSA) is 37.8 Å². The highest BCUT2D eigenvalue weighted by molar-refractivity contribution is 6.30. The molecule has 0 saturated heterocycles. The monoisotopic (exact) mass is 227 g/mol. The highest BCUT2D eigenvalue weighted by Gasteiger charge is 2.09. The maximum atomic E-state index is 5.88. The van der Waals surface area contributed by atoms with Crippen molar-refractivity contribution in [2.75, 3.05) is 5.32 Å². The third-order valence-corrected chi connectivity index (χ3v) is 2.93. The third kappa shape index (κ3) is 3.06. The van der Waals surface area contributed by atoms with Crippen molar-refractivity contribution in [1.82, 2.24) is 10.2 Å². The molecule has 0 aliphatic carbocycles. The van der Waals surface area contributed by atoms with E-state index in [1.165, 1.54) is 0 Å². The van der Waals surface area contributed by atoms with Crippen LogP contribution in [0.5, 0.6) is 0 Å². The average Bonchev–Trinajstić information content (AvgIpc) is 2.20. The maximum Gasteiger partial charge on any atom is 0.155 e. The van der Waals surface area contributed by atoms with Crippen LogP contribution in [0, 0.1) is 13.8 Å². The number of hydrogen-bond donors (Lipinski definition) is 1. The van der Waals surface area contributed by atoms with Gasteiger partial charge in [-0.25, -0.2) is 0 Å². The van der Waals surface area contributed by atoms with Gasteiger partial charge in [-0.1, -0.05) is 24.9 Å². The van der Waals surface area contributed by atoms with Gasteiger partial charge in [-0.2, -0.15) is 0 Å². The van der Waals surface area contributed by atoms with Gasteiger partial charge in [0.2, 0.25) is 0 Å². The summed E-state index contributed by atoms with van der Waals surface area (Å²) in [5.41, 5.74) is 2.08. The van der Waals surface area contributed by atoms with Crippen LogP contribution in [-0.4, -0.2) is 16.2 Å². The van der Waals surface area contributed by atoms with Crippen molar-refractivity contribution in [1.29, 1.82) is 0 Å². The number of nitrogens with zero attached hydrogens (tertiary/aromatic N) is 2. The zero-order valence-electron chi connectivity index (χ0n) is 9.76. The largest absolute Gasteiger partial charge is 0.366 e. The zero-order chi connectivity index (χ0) is 11.4. The highest BCUT2D eigenvalue weighted by Crippen LogP contribution is 2.21. The van der Waals surface area contributed by atoms with Crippen molar-refractivity contribution >= 4 is 17.4 Å². The Balaban J connectivity index is 2.82. The molecular weight excluding hydrogens is 210 g/mol. The molecule has 1 N–H and O–H groups in total. The Kier molecular flexibility index (Phi) is 4.33. The molecule has 0 spiro atoms. The fraction of sp³-hybridized carbons (Fsp3) is 0.636. The summed E-state index contributed by atoms with van der Waals surface area (Å²) in [5.74, 6) is 0.845. The lowest BCUT2D eigenvalue weighted by Crippen LogP contribution is -2.17. The minimum atomic E-state index is 0.420. The molecule has 0 bridgehead atoms. The normalized spacial score (nSPS) is 12.6. The van der Waals surface area contributed by atoms with E-state index in [1.807, 2.05) is 13.8 Å². The average molecular weight is 228 g/mol. The molecule has 0 aromatic carbocycles. The Hall–Kier alpha value is -0.830. The van der Waals surface area contributed by atoms with Crippen LogP contribution < -0.4 is 5.32 Å². The van der Waals surface area contributed by atoms with Gasteiger partial charge in [-0.15, -0.1) is 10.2 Å². The Morgan fingerprint density at radius 3 is 2.53 bits per heavy atom. The van der Waals surface area contributed by atoms with Crippen molar-refractivity contribution in [2.24, 2.45) is 0 Å². The van der Waals surface area contributed by atoms with Crippen LogP contribution in [0.2, 0.25) is 5.15 Å². The molecule has 0 radical (unpaired) electrons. The van der Waals surface area contributed by atoms with Gasteiger partial charge in [0.1, 0.15) is 0 Å². The molecule has 1 heterocycles. The van der Waals surface area contributed by atoms with Gasteiger partial charge in [-0.3, -0.25) is 0 Å². The number of rotatable bonds is 4. The first-order valence-corrected chi connectivity index (χ1v) is 5.70. The molecule has 1 aromatic heterocycles. The number of hydrogen-bond acceptors (Lipinski definition) is 3. The van der Waals surface area contributed by atoms with Crippen LogP contribution in [-0.2, 0) is 0 Å². The van der Waals surface area contributed by atoms with E-state index in [0.29, 0.717) is 11.2 Å². The van der Waals surface area contributed by atoms with Crippen molar-refractivity contribution in [3.05, 3.63) is 16.3 Å². The quantitative estimate of drug-likeness (QED) is 0.857. The second-order valence-electron chi connectivity index (χ2n) is 3.92. The summed E-state index contributed by atoms with van der Waals surface area (Å²) in [6.45, 7) is 8.29. The third-order valence-electron chi connectivity index (χ3n) is 2.57. The summed E-state index contributed by atoms with van der Waals surface area (Å²) in [7, 11) is 0. The summed E-state index contributed by atoms with van der Waals surface area (Å²) in [5, 5.41) is 11.8. The molecule has 3 nitrogen and oxygen atoms in total. The summed E-state index contributed by atoms with van der Waals surface area (Å²) >= 11 is 5.88. The lowest BCUT2D eigenvalue weighted by atomic mass is 10.1. The molecule has 84 valence electrons. The number of halogens is 1. The summed E-state index contributed by atoms with van der Waals surface area (Å²) < 4.78 is 0. The van der Waals surface area contributed by atoms with E-state index in [-0.39, 0.29) is 0 Å². The first-order valence-electron chi connectivity index (χ1n) is 5.32. The van der Waals surface area contributed by atoms with E-state index < -0.39 is 0 Å². The van der Waals surface area contributed by atoms with Gasteiger partial charge in [-0.05, 0) is 38.3 Å². The van der Waals surface area contributed by atoms with E-state index >= 15 is 0 Å². The molecule has 1 unspecified atom stereocenters. The van der Waals surface area contributed by atoms with E-state index in [4.69, 9.17) is 11.6 Å². The van der Waals surface area contributed by atoms with Crippen molar-refractivity contribution in [3.63, 3.8) is 0 Å². The Labute approximate surface area is 96.2 Å². The SMILES string of the molecule is CCCC(C)Nc1nnc(Cl)c(C)c1C. The van der Waals surface area contributed by atoms with E-state index in [2.05, 4.69) is 29.4 Å².